The summed E-state index contributed by atoms with van der Waals surface area (Å²) >= 11 is 0. The van der Waals surface area contributed by atoms with Crippen molar-refractivity contribution in [3.8, 4) is 11.1 Å². The van der Waals surface area contributed by atoms with Gasteiger partial charge in [-0.3, -0.25) is 14.4 Å². The molecule has 2 aromatic carbocycles. The SMILES string of the molecule is Cc1cccc(C)c1-c1cc(C(F)(F)F)c(F)c([C@H](CC(=O)O)CC(=O)C(CC(C)C)n2cc(CCN(C)C)c(C(F)(F)F)cc2=O)c1F. The van der Waals surface area contributed by atoms with E-state index in [0.717, 1.165) is 10.8 Å². The Hall–Kier alpha value is -4.07. The van der Waals surface area contributed by atoms with Crippen molar-refractivity contribution < 1.29 is 49.8 Å². The molecule has 0 aliphatic heterocycles. The number of ketones is 1. The van der Waals surface area contributed by atoms with Gasteiger partial charge < -0.3 is 14.6 Å². The van der Waals surface area contributed by atoms with Crippen LogP contribution < -0.4 is 5.56 Å². The van der Waals surface area contributed by atoms with Gasteiger partial charge in [-0.2, -0.15) is 26.3 Å². The van der Waals surface area contributed by atoms with Crippen molar-refractivity contribution in [2.45, 2.75) is 77.7 Å². The zero-order chi connectivity index (χ0) is 37.2. The molecule has 0 amide bonds. The lowest BCUT2D eigenvalue weighted by atomic mass is 9.83. The minimum Gasteiger partial charge on any atom is -0.481 e. The fourth-order valence-electron chi connectivity index (χ4n) is 6.00. The maximum atomic E-state index is 16.4. The van der Waals surface area contributed by atoms with E-state index in [-0.39, 0.29) is 36.4 Å². The Morgan fingerprint density at radius 3 is 1.96 bits per heavy atom. The fraction of sp³-hybridized carbons (Fsp3) is 0.457. The third-order valence-corrected chi connectivity index (χ3v) is 8.27. The number of pyridine rings is 1. The zero-order valence-electron chi connectivity index (χ0n) is 27.8. The van der Waals surface area contributed by atoms with Crippen LogP contribution in [-0.4, -0.2) is 47.0 Å². The molecule has 268 valence electrons. The number of aromatic nitrogens is 1. The topological polar surface area (TPSA) is 79.6 Å². The van der Waals surface area contributed by atoms with Crippen molar-refractivity contribution >= 4 is 11.8 Å². The second-order valence-corrected chi connectivity index (χ2v) is 12.9. The number of hydrogen-bond acceptors (Lipinski definition) is 4. The van der Waals surface area contributed by atoms with Crippen molar-refractivity contribution in [1.82, 2.24) is 9.47 Å². The maximum absolute atomic E-state index is 16.4. The minimum absolute atomic E-state index is 0.0198. The molecule has 0 saturated carbocycles. The summed E-state index contributed by atoms with van der Waals surface area (Å²) in [5.74, 6) is -8.60. The molecule has 0 spiro atoms. The molecular formula is C35H38F8N2O4. The molecule has 2 atom stereocenters. The number of carbonyl (C=O) groups excluding carboxylic acids is 1. The highest BCUT2D eigenvalue weighted by atomic mass is 19.4. The monoisotopic (exact) mass is 702 g/mol. The summed E-state index contributed by atoms with van der Waals surface area (Å²) in [7, 11) is 3.24. The van der Waals surface area contributed by atoms with Crippen LogP contribution in [0.4, 0.5) is 35.1 Å². The van der Waals surface area contributed by atoms with Gasteiger partial charge in [0.2, 0.25) is 0 Å². The van der Waals surface area contributed by atoms with Crippen molar-refractivity contribution in [3.63, 3.8) is 0 Å². The molecule has 3 rings (SSSR count). The van der Waals surface area contributed by atoms with E-state index in [0.29, 0.717) is 23.3 Å². The number of rotatable bonds is 13. The molecule has 0 aliphatic rings. The Balaban J connectivity index is 2.28. The van der Waals surface area contributed by atoms with Crippen LogP contribution >= 0.6 is 0 Å². The van der Waals surface area contributed by atoms with Crippen LogP contribution in [0.1, 0.15) is 78.5 Å². The van der Waals surface area contributed by atoms with Gasteiger partial charge in [0.05, 0.1) is 23.6 Å². The molecule has 1 aromatic heterocycles. The van der Waals surface area contributed by atoms with Gasteiger partial charge in [0.1, 0.15) is 11.6 Å². The van der Waals surface area contributed by atoms with Crippen LogP contribution in [0.25, 0.3) is 11.1 Å². The highest BCUT2D eigenvalue weighted by molar-refractivity contribution is 5.84. The number of nitrogens with zero attached hydrogens (tertiary/aromatic N) is 2. The number of hydrogen-bond donors (Lipinski definition) is 1. The Labute approximate surface area is 278 Å². The molecule has 0 radical (unpaired) electrons. The van der Waals surface area contributed by atoms with Crippen molar-refractivity contribution in [1.29, 1.82) is 0 Å². The summed E-state index contributed by atoms with van der Waals surface area (Å²) in [5.41, 5.74) is -5.79. The Kier molecular flexibility index (Phi) is 12.2. The predicted octanol–water partition coefficient (Wildman–Crippen LogP) is 8.36. The van der Waals surface area contributed by atoms with E-state index in [4.69, 9.17) is 0 Å². The van der Waals surface area contributed by atoms with Gasteiger partial charge in [-0.25, -0.2) is 8.78 Å². The number of aliphatic carboxylic acids is 1. The van der Waals surface area contributed by atoms with Crippen LogP contribution in [0.3, 0.4) is 0 Å². The number of likely N-dealkylation sites (N-methyl/N-ethyl adjacent to an activating group) is 1. The minimum atomic E-state index is -5.34. The number of alkyl halides is 6. The number of aryl methyl sites for hydroxylation is 2. The van der Waals surface area contributed by atoms with Gasteiger partial charge >= 0.3 is 18.3 Å². The summed E-state index contributed by atoms with van der Waals surface area (Å²) in [6.45, 7) is 6.42. The predicted molar refractivity (Wildman–Crippen MR) is 167 cm³/mol. The molecule has 0 bridgehead atoms. The second-order valence-electron chi connectivity index (χ2n) is 12.9. The largest absolute Gasteiger partial charge is 0.481 e. The number of halogens is 8. The molecular weight excluding hydrogens is 664 g/mol. The molecule has 6 nitrogen and oxygen atoms in total. The number of benzene rings is 2. The summed E-state index contributed by atoms with van der Waals surface area (Å²) in [5, 5.41) is 9.69. The average Bonchev–Trinajstić information content (AvgIpc) is 2.94. The normalized spacial score (nSPS) is 13.6. The van der Waals surface area contributed by atoms with Crippen LogP contribution in [0.5, 0.6) is 0 Å². The number of carboxylic acids is 1. The lowest BCUT2D eigenvalue weighted by Gasteiger charge is -2.26. The van der Waals surface area contributed by atoms with E-state index in [9.17, 15) is 45.8 Å². The standard InChI is InChI=1S/C35H38F8N2O4/c1-18(2)12-26(45-17-21(10-11-44(5)6)24(16-28(45)47)34(38,39)40)27(46)13-22(14-29(48)49)31-32(36)23(15-25(33(31)37)35(41,42)43)30-19(3)8-7-9-20(30)4/h7-9,15-18,22,26H,10-14H2,1-6H3,(H,48,49)/t22-,26?/m0/s1. The molecule has 0 fully saturated rings. The molecule has 1 N–H and O–H groups in total. The second kappa shape index (κ2) is 15.2. The Bertz CT molecular complexity index is 1740. The first-order chi connectivity index (χ1) is 22.5. The van der Waals surface area contributed by atoms with E-state index >= 15 is 8.78 Å². The third kappa shape index (κ3) is 9.34. The van der Waals surface area contributed by atoms with E-state index in [1.165, 1.54) is 26.0 Å². The maximum Gasteiger partial charge on any atom is 0.419 e. The molecule has 0 aliphatic carbocycles. The quantitative estimate of drug-likeness (QED) is 0.181. The van der Waals surface area contributed by atoms with Gasteiger partial charge in [-0.05, 0) is 75.0 Å². The molecule has 1 heterocycles. The molecule has 0 saturated heterocycles. The van der Waals surface area contributed by atoms with Crippen molar-refractivity contribution in [2.75, 3.05) is 20.6 Å². The highest BCUT2D eigenvalue weighted by Crippen LogP contribution is 2.43. The number of Topliss-reactive ketones (excluding diaryl/α,β-unsaturated/α-hetero) is 1. The fourth-order valence-corrected chi connectivity index (χ4v) is 6.00. The molecule has 14 heteroatoms. The Morgan fingerprint density at radius 1 is 0.898 bits per heavy atom. The van der Waals surface area contributed by atoms with Gasteiger partial charge in [0.15, 0.2) is 5.78 Å². The van der Waals surface area contributed by atoms with E-state index < -0.39 is 88.4 Å². The number of carboxylic acid groups (broad SMARTS) is 1. The van der Waals surface area contributed by atoms with Crippen LogP contribution in [0, 0.1) is 31.4 Å². The van der Waals surface area contributed by atoms with Gasteiger partial charge in [-0.15, -0.1) is 0 Å². The van der Waals surface area contributed by atoms with Crippen LogP contribution in [-0.2, 0) is 28.4 Å². The first-order valence-corrected chi connectivity index (χ1v) is 15.4. The van der Waals surface area contributed by atoms with Crippen LogP contribution in [0.15, 0.2) is 41.3 Å². The first-order valence-electron chi connectivity index (χ1n) is 15.4. The van der Waals surface area contributed by atoms with Crippen molar-refractivity contribution in [3.05, 3.63) is 91.9 Å². The van der Waals surface area contributed by atoms with Gasteiger partial charge in [0, 0.05) is 42.3 Å². The molecule has 3 aromatic rings. The van der Waals surface area contributed by atoms with E-state index in [1.54, 1.807) is 38.9 Å². The molecule has 49 heavy (non-hydrogen) atoms. The summed E-state index contributed by atoms with van der Waals surface area (Å²) in [4.78, 5) is 40.7. The van der Waals surface area contributed by atoms with E-state index in [2.05, 4.69) is 0 Å². The number of carbonyl (C=O) groups is 2. The molecule has 1 unspecified atom stereocenters. The van der Waals surface area contributed by atoms with Crippen molar-refractivity contribution in [2.24, 2.45) is 5.92 Å². The lowest BCUT2D eigenvalue weighted by molar-refractivity contribution is -0.140. The van der Waals surface area contributed by atoms with Gasteiger partial charge in [-0.1, -0.05) is 32.0 Å². The summed E-state index contributed by atoms with van der Waals surface area (Å²) in [6.07, 6.45) is -11.9. The van der Waals surface area contributed by atoms with Gasteiger partial charge in [0.25, 0.3) is 5.56 Å². The summed E-state index contributed by atoms with van der Waals surface area (Å²) in [6, 6.07) is 3.71. The smallest absolute Gasteiger partial charge is 0.419 e. The van der Waals surface area contributed by atoms with Crippen LogP contribution in [0.2, 0.25) is 0 Å². The van der Waals surface area contributed by atoms with E-state index in [1.807, 2.05) is 0 Å². The zero-order valence-corrected chi connectivity index (χ0v) is 27.8. The highest BCUT2D eigenvalue weighted by Gasteiger charge is 2.41. The third-order valence-electron chi connectivity index (χ3n) is 8.27. The summed E-state index contributed by atoms with van der Waals surface area (Å²) < 4.78 is 117. The lowest BCUT2D eigenvalue weighted by Crippen LogP contribution is -2.33. The first kappa shape index (κ1) is 39.4. The Morgan fingerprint density at radius 2 is 1.47 bits per heavy atom. The average molecular weight is 703 g/mol.